The van der Waals surface area contributed by atoms with E-state index in [4.69, 9.17) is 14.2 Å². The smallest absolute Gasteiger partial charge is 0.306 e. The summed E-state index contributed by atoms with van der Waals surface area (Å²) < 4.78 is 16.8. The third-order valence-electron chi connectivity index (χ3n) is 11.9. The van der Waals surface area contributed by atoms with Gasteiger partial charge in [0.25, 0.3) is 0 Å². The van der Waals surface area contributed by atoms with Crippen LogP contribution in [0.4, 0.5) is 0 Å². The molecule has 0 rings (SSSR count). The van der Waals surface area contributed by atoms with Crippen molar-refractivity contribution < 1.29 is 28.6 Å². The Morgan fingerprint density at radius 3 is 1.03 bits per heavy atom. The number of allylic oxidation sites excluding steroid dienone is 12. The monoisotopic (exact) mass is 921 g/mol. The molecule has 6 nitrogen and oxygen atoms in total. The first-order chi connectivity index (χ1) is 32.5. The predicted octanol–water partition coefficient (Wildman–Crippen LogP) is 18.6. The summed E-state index contributed by atoms with van der Waals surface area (Å²) in [6.07, 6.45) is 69.0. The highest BCUT2D eigenvalue weighted by molar-refractivity contribution is 5.71. The average molecular weight is 921 g/mol. The predicted molar refractivity (Wildman–Crippen MR) is 284 cm³/mol. The van der Waals surface area contributed by atoms with Crippen molar-refractivity contribution in [1.82, 2.24) is 0 Å². The minimum Gasteiger partial charge on any atom is -0.462 e. The van der Waals surface area contributed by atoms with Crippen LogP contribution in [0, 0.1) is 0 Å². The fraction of sp³-hybridized carbons (Fsp3) is 0.750. The lowest BCUT2D eigenvalue weighted by atomic mass is 10.1. The second kappa shape index (κ2) is 54.5. The van der Waals surface area contributed by atoms with Crippen LogP contribution in [0.1, 0.15) is 271 Å². The highest BCUT2D eigenvalue weighted by Gasteiger charge is 2.19. The molecule has 66 heavy (non-hydrogen) atoms. The Morgan fingerprint density at radius 1 is 0.318 bits per heavy atom. The van der Waals surface area contributed by atoms with E-state index >= 15 is 0 Å². The van der Waals surface area contributed by atoms with Crippen LogP contribution in [-0.2, 0) is 28.6 Å². The summed E-state index contributed by atoms with van der Waals surface area (Å²) >= 11 is 0. The molecule has 0 N–H and O–H groups in total. The van der Waals surface area contributed by atoms with Crippen molar-refractivity contribution in [2.75, 3.05) is 13.2 Å². The Kier molecular flexibility index (Phi) is 51.9. The topological polar surface area (TPSA) is 78.9 Å². The van der Waals surface area contributed by atoms with E-state index in [1.165, 1.54) is 141 Å². The van der Waals surface area contributed by atoms with E-state index in [0.29, 0.717) is 19.3 Å². The van der Waals surface area contributed by atoms with Gasteiger partial charge in [-0.3, -0.25) is 14.4 Å². The summed E-state index contributed by atoms with van der Waals surface area (Å²) in [5, 5.41) is 0. The van der Waals surface area contributed by atoms with Crippen molar-refractivity contribution in [3.63, 3.8) is 0 Å². The zero-order chi connectivity index (χ0) is 47.9. The summed E-state index contributed by atoms with van der Waals surface area (Å²) in [5.41, 5.74) is 0. The Bertz CT molecular complexity index is 1240. The second-order valence-corrected chi connectivity index (χ2v) is 18.5. The lowest BCUT2D eigenvalue weighted by Gasteiger charge is -2.18. The van der Waals surface area contributed by atoms with Gasteiger partial charge < -0.3 is 14.2 Å². The largest absolute Gasteiger partial charge is 0.462 e. The lowest BCUT2D eigenvalue weighted by molar-refractivity contribution is -0.166. The number of hydrogen-bond donors (Lipinski definition) is 0. The van der Waals surface area contributed by atoms with Gasteiger partial charge in [-0.05, 0) is 96.3 Å². The number of rotatable bonds is 50. The third kappa shape index (κ3) is 51.8. The fourth-order valence-electron chi connectivity index (χ4n) is 7.74. The van der Waals surface area contributed by atoms with E-state index in [1.54, 1.807) is 0 Å². The molecule has 0 saturated carbocycles. The van der Waals surface area contributed by atoms with Gasteiger partial charge in [0.05, 0.1) is 0 Å². The number of unbranched alkanes of at least 4 members (excludes halogenated alkanes) is 27. The molecule has 0 saturated heterocycles. The van der Waals surface area contributed by atoms with Crippen LogP contribution >= 0.6 is 0 Å². The Morgan fingerprint density at radius 2 is 0.621 bits per heavy atom. The maximum Gasteiger partial charge on any atom is 0.306 e. The molecule has 6 heteroatoms. The molecule has 0 amide bonds. The summed E-state index contributed by atoms with van der Waals surface area (Å²) in [5.74, 6) is -0.976. The van der Waals surface area contributed by atoms with Gasteiger partial charge in [-0.15, -0.1) is 0 Å². The van der Waals surface area contributed by atoms with Crippen LogP contribution in [0.25, 0.3) is 0 Å². The molecule has 0 heterocycles. The van der Waals surface area contributed by atoms with E-state index in [2.05, 4.69) is 87.6 Å². The van der Waals surface area contributed by atoms with Crippen LogP contribution in [0.3, 0.4) is 0 Å². The van der Waals surface area contributed by atoms with Gasteiger partial charge in [-0.2, -0.15) is 0 Å². The average Bonchev–Trinajstić information content (AvgIpc) is 3.31. The zero-order valence-corrected chi connectivity index (χ0v) is 43.4. The summed E-state index contributed by atoms with van der Waals surface area (Å²) in [6.45, 7) is 6.47. The van der Waals surface area contributed by atoms with Gasteiger partial charge >= 0.3 is 17.9 Å². The Balaban J connectivity index is 4.42. The van der Waals surface area contributed by atoms with E-state index in [-0.39, 0.29) is 37.5 Å². The molecule has 0 aromatic carbocycles. The molecule has 0 aliphatic carbocycles. The highest BCUT2D eigenvalue weighted by Crippen LogP contribution is 2.15. The first kappa shape index (κ1) is 62.8. The number of hydrogen-bond acceptors (Lipinski definition) is 6. The molecular weight excluding hydrogens is 817 g/mol. The quantitative estimate of drug-likeness (QED) is 0.0262. The molecule has 380 valence electrons. The van der Waals surface area contributed by atoms with E-state index in [9.17, 15) is 14.4 Å². The van der Waals surface area contributed by atoms with E-state index < -0.39 is 6.10 Å². The number of esters is 3. The minimum atomic E-state index is -0.804. The zero-order valence-electron chi connectivity index (χ0n) is 43.4. The summed E-state index contributed by atoms with van der Waals surface area (Å²) in [7, 11) is 0. The third-order valence-corrected chi connectivity index (χ3v) is 11.9. The standard InChI is InChI=1S/C60H104O6/c1-4-7-10-13-16-19-22-25-27-29-30-31-33-35-38-41-44-47-50-53-59(62)65-56-57(55-64-58(61)52-49-46-43-40-37-34-24-21-18-15-12-9-6-3)66-60(63)54-51-48-45-42-39-36-32-28-26-23-20-17-14-11-8-5-2/h7,10,16,19,25,27-28,32,34,37,43,46,57H,4-6,8-9,11-15,17-18,20-24,26,29-31,33,35-36,38-42,44-45,47-56H2,1-3H3/b10-7+,19-16+,27-25+,32-28+,37-34+,46-43+. The van der Waals surface area contributed by atoms with Crippen molar-refractivity contribution >= 4 is 17.9 Å². The van der Waals surface area contributed by atoms with E-state index in [0.717, 1.165) is 83.5 Å². The Labute approximate surface area is 408 Å². The molecule has 0 aromatic rings. The van der Waals surface area contributed by atoms with Gasteiger partial charge in [0.2, 0.25) is 0 Å². The number of carbonyl (C=O) groups excluding carboxylic acids is 3. The molecule has 0 aromatic heterocycles. The second-order valence-electron chi connectivity index (χ2n) is 18.5. The maximum atomic E-state index is 12.8. The molecule has 0 aliphatic heterocycles. The number of ether oxygens (including phenoxy) is 3. The molecule has 0 radical (unpaired) electrons. The summed E-state index contributed by atoms with van der Waals surface area (Å²) in [6, 6.07) is 0. The minimum absolute atomic E-state index is 0.0981. The van der Waals surface area contributed by atoms with Gasteiger partial charge in [0, 0.05) is 19.3 Å². The highest BCUT2D eigenvalue weighted by atomic mass is 16.6. The molecular formula is C60H104O6. The van der Waals surface area contributed by atoms with Crippen LogP contribution in [0.15, 0.2) is 72.9 Å². The van der Waals surface area contributed by atoms with E-state index in [1.807, 2.05) is 6.08 Å². The lowest BCUT2D eigenvalue weighted by Crippen LogP contribution is -2.30. The van der Waals surface area contributed by atoms with Gasteiger partial charge in [0.1, 0.15) is 13.2 Å². The molecule has 0 spiro atoms. The van der Waals surface area contributed by atoms with Crippen molar-refractivity contribution in [2.24, 2.45) is 0 Å². The first-order valence-electron chi connectivity index (χ1n) is 27.9. The van der Waals surface area contributed by atoms with Crippen molar-refractivity contribution in [3.05, 3.63) is 72.9 Å². The van der Waals surface area contributed by atoms with Crippen LogP contribution < -0.4 is 0 Å². The van der Waals surface area contributed by atoms with Gasteiger partial charge in [-0.25, -0.2) is 0 Å². The first-order valence-corrected chi connectivity index (χ1v) is 27.9. The van der Waals surface area contributed by atoms with Crippen molar-refractivity contribution in [2.45, 2.75) is 277 Å². The normalized spacial score (nSPS) is 12.6. The molecule has 0 aliphatic rings. The molecule has 1 atom stereocenters. The SMILES string of the molecule is CC/C=C/C/C=C/C/C=C/CCCCCCCCCCCC(=O)OCC(COC(=O)CC/C=C/C/C=C/CCCCCCCC)OC(=O)CCCCCCC/C=C/CCCCCCCCC. The van der Waals surface area contributed by atoms with Gasteiger partial charge in [0.15, 0.2) is 6.10 Å². The van der Waals surface area contributed by atoms with Crippen molar-refractivity contribution in [3.8, 4) is 0 Å². The molecule has 0 fully saturated rings. The van der Waals surface area contributed by atoms with Crippen molar-refractivity contribution in [1.29, 1.82) is 0 Å². The summed E-state index contributed by atoms with van der Waals surface area (Å²) in [4.78, 5) is 38.1. The van der Waals surface area contributed by atoms with Crippen LogP contribution in [0.5, 0.6) is 0 Å². The maximum absolute atomic E-state index is 12.8. The van der Waals surface area contributed by atoms with Gasteiger partial charge in [-0.1, -0.05) is 229 Å². The fourth-order valence-corrected chi connectivity index (χ4v) is 7.74. The number of carbonyl (C=O) groups is 3. The molecule has 0 bridgehead atoms. The Hall–Kier alpha value is -3.15. The van der Waals surface area contributed by atoms with Crippen LogP contribution in [-0.4, -0.2) is 37.2 Å². The van der Waals surface area contributed by atoms with Crippen LogP contribution in [0.2, 0.25) is 0 Å². The molecule has 1 unspecified atom stereocenters.